The zero-order valence-electron chi connectivity index (χ0n) is 22.0. The summed E-state index contributed by atoms with van der Waals surface area (Å²) in [7, 11) is 3.75. The summed E-state index contributed by atoms with van der Waals surface area (Å²) in [5, 5.41) is 3.29. The Bertz CT molecular complexity index is 1460. The van der Waals surface area contributed by atoms with Gasteiger partial charge < -0.3 is 25.4 Å². The Morgan fingerprint density at radius 2 is 1.92 bits per heavy atom. The molecule has 0 aliphatic carbocycles. The third-order valence-corrected chi connectivity index (χ3v) is 7.77. The largest absolute Gasteiger partial charge is 0.496 e. The molecule has 38 heavy (non-hydrogen) atoms. The minimum absolute atomic E-state index is 0.0497. The number of amides is 1. The SMILES string of the molecule is COc1ccccc1-c1c(C(N)=O)sc2cnc(Nc3ccc(C4CCN(C)CC4)nc3OC(C)C)nc12. The number of benzene rings is 1. The van der Waals surface area contributed by atoms with Gasteiger partial charge in [0.1, 0.15) is 16.3 Å². The topological polar surface area (TPSA) is 115 Å². The molecule has 0 spiro atoms. The smallest absolute Gasteiger partial charge is 0.259 e. The molecule has 3 N–H and O–H groups in total. The van der Waals surface area contributed by atoms with Crippen LogP contribution < -0.4 is 20.5 Å². The highest BCUT2D eigenvalue weighted by molar-refractivity contribution is 7.21. The van der Waals surface area contributed by atoms with Gasteiger partial charge in [-0.3, -0.25) is 4.79 Å². The van der Waals surface area contributed by atoms with Crippen LogP contribution in [0.5, 0.6) is 11.6 Å². The standard InChI is InChI=1S/C28H32N6O3S/c1-16(2)37-27-20(10-9-19(31-27)17-11-13-34(3)14-12-17)32-28-30-15-22-24(33-28)23(25(38-22)26(29)35)18-7-5-6-8-21(18)36-4/h5-10,15-17H,11-14H2,1-4H3,(H2,29,35)(H,30,32,33). The molecular formula is C28H32N6O3S. The van der Waals surface area contributed by atoms with Gasteiger partial charge >= 0.3 is 0 Å². The zero-order valence-corrected chi connectivity index (χ0v) is 22.8. The van der Waals surface area contributed by atoms with Gasteiger partial charge in [-0.25, -0.2) is 15.0 Å². The van der Waals surface area contributed by atoms with Gasteiger partial charge in [0, 0.05) is 22.7 Å². The number of methoxy groups -OCH3 is 1. The van der Waals surface area contributed by atoms with E-state index >= 15 is 0 Å². The van der Waals surface area contributed by atoms with Crippen molar-refractivity contribution in [3.63, 3.8) is 0 Å². The van der Waals surface area contributed by atoms with Crippen LogP contribution in [0, 0.1) is 0 Å². The first-order chi connectivity index (χ1) is 18.3. The Morgan fingerprint density at radius 1 is 1.16 bits per heavy atom. The molecule has 3 aromatic heterocycles. The van der Waals surface area contributed by atoms with Crippen LogP contribution in [0.25, 0.3) is 21.3 Å². The van der Waals surface area contributed by atoms with Gasteiger partial charge in [-0.05, 0) is 65.0 Å². The number of fused-ring (bicyclic) bond motifs is 1. The molecule has 0 saturated carbocycles. The van der Waals surface area contributed by atoms with Crippen molar-refractivity contribution in [1.29, 1.82) is 0 Å². The quantitative estimate of drug-likeness (QED) is 0.318. The normalized spacial score (nSPS) is 14.7. The van der Waals surface area contributed by atoms with Gasteiger partial charge in [-0.15, -0.1) is 11.3 Å². The second-order valence-electron chi connectivity index (χ2n) is 9.74. The number of carbonyl (C=O) groups excluding carboxylic acids is 1. The molecule has 0 bridgehead atoms. The maximum absolute atomic E-state index is 12.4. The van der Waals surface area contributed by atoms with Crippen LogP contribution in [-0.4, -0.2) is 59.1 Å². The summed E-state index contributed by atoms with van der Waals surface area (Å²) >= 11 is 1.27. The lowest BCUT2D eigenvalue weighted by Crippen LogP contribution is -2.29. The Labute approximate surface area is 226 Å². The molecule has 1 aliphatic rings. The summed E-state index contributed by atoms with van der Waals surface area (Å²) in [6.07, 6.45) is 3.79. The van der Waals surface area contributed by atoms with Crippen LogP contribution in [-0.2, 0) is 0 Å². The zero-order chi connectivity index (χ0) is 26.8. The second-order valence-corrected chi connectivity index (χ2v) is 10.8. The van der Waals surface area contributed by atoms with Gasteiger partial charge in [0.15, 0.2) is 0 Å². The van der Waals surface area contributed by atoms with Crippen molar-refractivity contribution in [1.82, 2.24) is 19.9 Å². The highest BCUT2D eigenvalue weighted by Crippen LogP contribution is 2.42. The number of aromatic nitrogens is 3. The summed E-state index contributed by atoms with van der Waals surface area (Å²) in [6, 6.07) is 11.5. The Morgan fingerprint density at radius 3 is 2.63 bits per heavy atom. The summed E-state index contributed by atoms with van der Waals surface area (Å²) in [6.45, 7) is 6.07. The fraction of sp³-hybridized carbons (Fsp3) is 0.357. The molecule has 5 rings (SSSR count). The number of rotatable bonds is 8. The third-order valence-electron chi connectivity index (χ3n) is 6.64. The van der Waals surface area contributed by atoms with E-state index in [1.54, 1.807) is 13.3 Å². The van der Waals surface area contributed by atoms with E-state index in [-0.39, 0.29) is 6.10 Å². The van der Waals surface area contributed by atoms with Crippen LogP contribution in [0.2, 0.25) is 0 Å². The second kappa shape index (κ2) is 10.9. The number of nitrogens with one attached hydrogen (secondary N) is 1. The molecule has 10 heteroatoms. The first kappa shape index (κ1) is 25.9. The van der Waals surface area contributed by atoms with E-state index in [0.717, 1.165) is 41.9 Å². The van der Waals surface area contributed by atoms with Crippen molar-refractivity contribution in [3.05, 3.63) is 53.2 Å². The third kappa shape index (κ3) is 5.27. The highest BCUT2D eigenvalue weighted by atomic mass is 32.1. The summed E-state index contributed by atoms with van der Waals surface area (Å²) in [5.41, 5.74) is 9.47. The predicted octanol–water partition coefficient (Wildman–Crippen LogP) is 5.20. The number of nitrogens with two attached hydrogens (primary N) is 1. The van der Waals surface area contributed by atoms with Gasteiger partial charge in [0.2, 0.25) is 11.8 Å². The van der Waals surface area contributed by atoms with E-state index in [9.17, 15) is 4.79 Å². The molecule has 1 amide bonds. The Hall–Kier alpha value is -3.76. The number of primary amides is 1. The lowest BCUT2D eigenvalue weighted by Gasteiger charge is -2.29. The van der Waals surface area contributed by atoms with Crippen molar-refractivity contribution in [2.24, 2.45) is 5.73 Å². The lowest BCUT2D eigenvalue weighted by atomic mass is 9.93. The minimum Gasteiger partial charge on any atom is -0.496 e. The van der Waals surface area contributed by atoms with Crippen molar-refractivity contribution in [2.75, 3.05) is 32.6 Å². The van der Waals surface area contributed by atoms with E-state index in [0.29, 0.717) is 45.1 Å². The van der Waals surface area contributed by atoms with Crippen LogP contribution in [0.3, 0.4) is 0 Å². The number of carbonyl (C=O) groups is 1. The van der Waals surface area contributed by atoms with Crippen LogP contribution in [0.15, 0.2) is 42.6 Å². The number of likely N-dealkylation sites (tertiary alicyclic amines) is 1. The van der Waals surface area contributed by atoms with E-state index in [2.05, 4.69) is 28.3 Å². The number of hydrogen-bond donors (Lipinski definition) is 2. The van der Waals surface area contributed by atoms with E-state index in [1.165, 1.54) is 11.3 Å². The molecule has 9 nitrogen and oxygen atoms in total. The molecule has 0 atom stereocenters. The van der Waals surface area contributed by atoms with E-state index in [4.69, 9.17) is 25.2 Å². The Kier molecular flexibility index (Phi) is 7.44. The molecule has 4 heterocycles. The molecule has 0 unspecified atom stereocenters. The van der Waals surface area contributed by atoms with Gasteiger partial charge in [0.25, 0.3) is 5.91 Å². The minimum atomic E-state index is -0.523. The highest BCUT2D eigenvalue weighted by Gasteiger charge is 2.24. The molecule has 1 aliphatic heterocycles. The number of para-hydroxylation sites is 1. The van der Waals surface area contributed by atoms with Crippen molar-refractivity contribution >= 4 is 39.1 Å². The summed E-state index contributed by atoms with van der Waals surface area (Å²) in [5.74, 6) is 1.40. The number of nitrogens with zero attached hydrogens (tertiary/aromatic N) is 4. The fourth-order valence-corrected chi connectivity index (χ4v) is 5.72. The maximum Gasteiger partial charge on any atom is 0.259 e. The molecule has 198 valence electrons. The number of anilines is 2. The van der Waals surface area contributed by atoms with Gasteiger partial charge in [-0.1, -0.05) is 18.2 Å². The van der Waals surface area contributed by atoms with E-state index < -0.39 is 5.91 Å². The first-order valence-electron chi connectivity index (χ1n) is 12.7. The molecule has 1 fully saturated rings. The number of ether oxygens (including phenoxy) is 2. The van der Waals surface area contributed by atoms with Crippen LogP contribution in [0.4, 0.5) is 11.6 Å². The average molecular weight is 533 g/mol. The molecule has 1 aromatic carbocycles. The maximum atomic E-state index is 12.4. The number of pyridine rings is 1. The van der Waals surface area contributed by atoms with Crippen molar-refractivity contribution in [2.45, 2.75) is 38.7 Å². The van der Waals surface area contributed by atoms with Crippen molar-refractivity contribution < 1.29 is 14.3 Å². The Balaban J connectivity index is 1.54. The lowest BCUT2D eigenvalue weighted by molar-refractivity contribution is 0.100. The first-order valence-corrected chi connectivity index (χ1v) is 13.5. The molecule has 1 saturated heterocycles. The van der Waals surface area contributed by atoms with E-state index in [1.807, 2.05) is 44.2 Å². The molecular weight excluding hydrogens is 500 g/mol. The summed E-state index contributed by atoms with van der Waals surface area (Å²) < 4.78 is 12.4. The number of hydrogen-bond acceptors (Lipinski definition) is 9. The van der Waals surface area contributed by atoms with Crippen LogP contribution >= 0.6 is 11.3 Å². The monoisotopic (exact) mass is 532 g/mol. The average Bonchev–Trinajstić information content (AvgIpc) is 3.29. The fourth-order valence-electron chi connectivity index (χ4n) is 4.74. The molecule has 0 radical (unpaired) electrons. The van der Waals surface area contributed by atoms with Gasteiger partial charge in [0.05, 0.1) is 29.6 Å². The van der Waals surface area contributed by atoms with Gasteiger partial charge in [-0.2, -0.15) is 0 Å². The number of piperidine rings is 1. The number of thiophene rings is 1. The van der Waals surface area contributed by atoms with Crippen LogP contribution in [0.1, 0.15) is 48.0 Å². The van der Waals surface area contributed by atoms with Crippen molar-refractivity contribution in [3.8, 4) is 22.8 Å². The summed E-state index contributed by atoms with van der Waals surface area (Å²) in [4.78, 5) is 29.3. The predicted molar refractivity (Wildman–Crippen MR) is 151 cm³/mol. The molecule has 4 aromatic rings.